The average Bonchev–Trinajstić information content (AvgIpc) is 3.74. The highest BCUT2D eigenvalue weighted by molar-refractivity contribution is 6.03. The maximum absolute atomic E-state index is 6.87. The van der Waals surface area contributed by atoms with Gasteiger partial charge in [-0.05, 0) is 88.8 Å². The van der Waals surface area contributed by atoms with E-state index in [0.717, 1.165) is 118 Å². The number of fused-ring (bicyclic) bond motifs is 6. The summed E-state index contributed by atoms with van der Waals surface area (Å²) in [6.07, 6.45) is 8.70. The number of para-hydroxylation sites is 2. The topological polar surface area (TPSA) is 70.7 Å². The Morgan fingerprint density at radius 1 is 0.509 bits per heavy atom. The smallest absolute Gasteiger partial charge is 0.120 e. The molecule has 2 atom stereocenters. The van der Waals surface area contributed by atoms with E-state index in [4.69, 9.17) is 14.7 Å². The molecule has 8 aromatic rings. The maximum Gasteiger partial charge on any atom is 0.120 e. The lowest BCUT2D eigenvalue weighted by Crippen LogP contribution is -2.21. The molecule has 8 rings (SSSR count). The highest BCUT2D eigenvalue weighted by Crippen LogP contribution is 2.27. The van der Waals surface area contributed by atoms with Gasteiger partial charge in [-0.25, -0.2) is 9.97 Å². The van der Waals surface area contributed by atoms with Crippen LogP contribution < -0.4 is 0 Å². The zero-order chi connectivity index (χ0) is 37.4. The van der Waals surface area contributed by atoms with Crippen molar-refractivity contribution >= 4 is 43.9 Å². The number of pyridine rings is 2. The van der Waals surface area contributed by atoms with Gasteiger partial charge in [-0.2, -0.15) is 0 Å². The summed E-state index contributed by atoms with van der Waals surface area (Å²) in [6, 6.07) is 36.9. The third-order valence-electron chi connectivity index (χ3n) is 10.2. The van der Waals surface area contributed by atoms with Gasteiger partial charge in [-0.15, -0.1) is 0 Å². The van der Waals surface area contributed by atoms with Gasteiger partial charge in [-0.3, -0.25) is 9.97 Å². The van der Waals surface area contributed by atoms with Crippen molar-refractivity contribution in [2.45, 2.75) is 77.7 Å². The van der Waals surface area contributed by atoms with E-state index in [0.29, 0.717) is 0 Å². The molecule has 7 nitrogen and oxygen atoms in total. The number of hydrogen-bond acceptors (Lipinski definition) is 5. The Labute approximate surface area is 322 Å². The number of imidazole rings is 2. The summed E-state index contributed by atoms with van der Waals surface area (Å²) >= 11 is 0. The highest BCUT2D eigenvalue weighted by atomic mass is 16.5. The molecule has 0 N–H and O–H groups in total. The van der Waals surface area contributed by atoms with Crippen LogP contribution >= 0.6 is 0 Å². The fraction of sp³-hybridized carbons (Fsp3) is 0.250. The zero-order valence-electron chi connectivity index (χ0n) is 31.5. The van der Waals surface area contributed by atoms with Crippen LogP contribution in [0.5, 0.6) is 0 Å². The van der Waals surface area contributed by atoms with Crippen molar-refractivity contribution in [2.24, 2.45) is 0 Å². The second-order valence-electron chi connectivity index (χ2n) is 14.0. The third-order valence-corrected chi connectivity index (χ3v) is 10.2. The van der Waals surface area contributed by atoms with E-state index in [1.54, 1.807) is 0 Å². The Morgan fingerprint density at radius 2 is 0.927 bits per heavy atom. The predicted molar refractivity (Wildman–Crippen MR) is 223 cm³/mol. The summed E-state index contributed by atoms with van der Waals surface area (Å²) in [5.41, 5.74) is 8.12. The molecule has 272 valence electrons. The first-order chi connectivity index (χ1) is 27.1. The van der Waals surface area contributed by atoms with Crippen molar-refractivity contribution in [3.05, 3.63) is 144 Å². The van der Waals surface area contributed by atoms with E-state index < -0.39 is 0 Å². The number of aryl methyl sites for hydroxylation is 4. The van der Waals surface area contributed by atoms with Crippen LogP contribution in [-0.2, 0) is 17.8 Å². The molecule has 2 unspecified atom stereocenters. The molecular weight excluding hydrogens is 677 g/mol. The summed E-state index contributed by atoms with van der Waals surface area (Å²) in [5.74, 6) is 15.8. The lowest BCUT2D eigenvalue weighted by Gasteiger charge is -2.19. The Hall–Kier alpha value is -6.28. The fourth-order valence-electron chi connectivity index (χ4n) is 7.42. The summed E-state index contributed by atoms with van der Waals surface area (Å²) in [7, 11) is 0. The molecule has 0 aliphatic carbocycles. The van der Waals surface area contributed by atoms with E-state index in [-0.39, 0.29) is 12.2 Å². The van der Waals surface area contributed by atoms with Crippen LogP contribution in [0, 0.1) is 37.5 Å². The first kappa shape index (κ1) is 35.7. The van der Waals surface area contributed by atoms with Gasteiger partial charge in [0.05, 0.1) is 34.5 Å². The first-order valence-electron chi connectivity index (χ1n) is 19.3. The lowest BCUT2D eigenvalue weighted by molar-refractivity contribution is 0.0402. The molecule has 4 aromatic heterocycles. The number of hydrogen-bond donors (Lipinski definition) is 0. The molecule has 7 heteroatoms. The second-order valence-corrected chi connectivity index (χ2v) is 14.0. The van der Waals surface area contributed by atoms with Crippen LogP contribution in [0.4, 0.5) is 0 Å². The van der Waals surface area contributed by atoms with Gasteiger partial charge in [0.1, 0.15) is 34.9 Å². The Bertz CT molecular complexity index is 2500. The van der Waals surface area contributed by atoms with E-state index in [9.17, 15) is 0 Å². The molecule has 0 bridgehead atoms. The molecule has 0 radical (unpaired) electrons. The summed E-state index contributed by atoms with van der Waals surface area (Å²) in [4.78, 5) is 18.9. The van der Waals surface area contributed by atoms with Crippen molar-refractivity contribution < 1.29 is 4.74 Å². The summed E-state index contributed by atoms with van der Waals surface area (Å²) in [6.45, 7) is 5.89. The van der Waals surface area contributed by atoms with E-state index in [1.165, 1.54) is 0 Å². The average molecular weight is 721 g/mol. The lowest BCUT2D eigenvalue weighted by atomic mass is 10.1. The second kappa shape index (κ2) is 16.8. The van der Waals surface area contributed by atoms with Gasteiger partial charge in [0.15, 0.2) is 0 Å². The number of aromatic nitrogens is 6. The monoisotopic (exact) mass is 720 g/mol. The fourth-order valence-corrected chi connectivity index (χ4v) is 7.42. The van der Waals surface area contributed by atoms with Gasteiger partial charge in [0, 0.05) is 35.0 Å². The molecule has 0 amide bonds. The minimum atomic E-state index is -0.264. The molecule has 4 heterocycles. The van der Waals surface area contributed by atoms with Gasteiger partial charge in [0.25, 0.3) is 0 Å². The van der Waals surface area contributed by atoms with Gasteiger partial charge < -0.3 is 13.9 Å². The molecule has 55 heavy (non-hydrogen) atoms. The molecule has 4 aromatic carbocycles. The number of benzene rings is 4. The quantitative estimate of drug-likeness (QED) is 0.0929. The van der Waals surface area contributed by atoms with Crippen molar-refractivity contribution in [1.82, 2.24) is 29.1 Å². The molecule has 0 spiro atoms. The minimum absolute atomic E-state index is 0.264. The Kier molecular flexibility index (Phi) is 10.9. The van der Waals surface area contributed by atoms with Crippen molar-refractivity contribution in [1.29, 1.82) is 0 Å². The molecule has 0 aliphatic rings. The van der Waals surface area contributed by atoms with Gasteiger partial charge >= 0.3 is 0 Å². The van der Waals surface area contributed by atoms with Crippen molar-refractivity contribution in [2.75, 3.05) is 0 Å². The van der Waals surface area contributed by atoms with Crippen LogP contribution in [0.3, 0.4) is 0 Å². The minimum Gasteiger partial charge on any atom is -0.350 e. The van der Waals surface area contributed by atoms with Crippen LogP contribution in [-0.4, -0.2) is 41.3 Å². The molecular formula is C48H44N6O. The first-order valence-corrected chi connectivity index (χ1v) is 19.3. The van der Waals surface area contributed by atoms with Crippen LogP contribution in [0.1, 0.15) is 61.3 Å². The highest BCUT2D eigenvalue weighted by Gasteiger charge is 2.17. The van der Waals surface area contributed by atoms with Crippen LogP contribution in [0.25, 0.3) is 43.9 Å². The predicted octanol–water partition coefficient (Wildman–Crippen LogP) is 10.00. The van der Waals surface area contributed by atoms with E-state index >= 15 is 0 Å². The molecule has 0 saturated carbocycles. The molecule has 0 aliphatic heterocycles. The van der Waals surface area contributed by atoms with Crippen LogP contribution in [0.15, 0.2) is 122 Å². The third kappa shape index (κ3) is 8.29. The van der Waals surface area contributed by atoms with Gasteiger partial charge in [-0.1, -0.05) is 96.5 Å². The van der Waals surface area contributed by atoms with E-state index in [2.05, 4.69) is 93.0 Å². The summed E-state index contributed by atoms with van der Waals surface area (Å²) in [5, 5.41) is 2.27. The largest absolute Gasteiger partial charge is 0.350 e. The Morgan fingerprint density at radius 3 is 1.38 bits per heavy atom. The maximum atomic E-state index is 6.87. The molecule has 0 saturated heterocycles. The van der Waals surface area contributed by atoms with Crippen molar-refractivity contribution in [3.8, 4) is 23.7 Å². The SMILES string of the molecule is Cc1nc2cnc3ccccc3c2n1CCCCC(C#Cc1ccccc1)OC(C#Cc1ccccc1)CCCCn1c(C)nc2cnc3ccccc3c21. The standard InChI is InChI=1S/C48H44N6O/c1-35-51-45-33-49-43-25-11-9-23-41(43)47(45)53(35)31-15-13-21-39(29-27-37-17-5-3-6-18-37)55-40(30-28-38-19-7-4-8-20-38)22-14-16-32-54-36(2)52-46-34-50-44-26-12-10-24-42(44)48(46)54/h3-12,17-20,23-26,33-34,39-40H,13-16,21-22,31-32H2,1-2H3. The molecule has 0 fully saturated rings. The normalized spacial score (nSPS) is 12.4. The number of ether oxygens (including phenoxy) is 1. The van der Waals surface area contributed by atoms with Crippen molar-refractivity contribution in [3.63, 3.8) is 0 Å². The number of rotatable bonds is 12. The number of unbranched alkanes of at least 4 members (excludes halogenated alkanes) is 2. The van der Waals surface area contributed by atoms with Crippen LogP contribution in [0.2, 0.25) is 0 Å². The van der Waals surface area contributed by atoms with Gasteiger partial charge in [0.2, 0.25) is 0 Å². The summed E-state index contributed by atoms with van der Waals surface area (Å²) < 4.78 is 11.5. The zero-order valence-corrected chi connectivity index (χ0v) is 31.5. The Balaban J connectivity index is 0.987. The van der Waals surface area contributed by atoms with E-state index in [1.807, 2.05) is 85.2 Å². The number of nitrogens with zero attached hydrogens (tertiary/aromatic N) is 6.